The van der Waals surface area contributed by atoms with Gasteiger partial charge in [-0.1, -0.05) is 17.9 Å². The van der Waals surface area contributed by atoms with Gasteiger partial charge in [-0.3, -0.25) is 0 Å². The average molecular weight is 275 g/mol. The number of hydrogen-bond donors (Lipinski definition) is 1. The molecule has 2 nitrogen and oxygen atoms in total. The van der Waals surface area contributed by atoms with Gasteiger partial charge in [-0.25, -0.2) is 4.39 Å². The van der Waals surface area contributed by atoms with E-state index in [1.54, 1.807) is 17.4 Å². The number of nitrogens with two attached hydrogens (primary N) is 1. The van der Waals surface area contributed by atoms with Gasteiger partial charge in [-0.2, -0.15) is 0 Å². The largest absolute Gasteiger partial charge is 0.488 e. The molecule has 0 aliphatic heterocycles. The Kier molecular flexibility index (Phi) is 4.56. The molecular weight excluding hydrogens is 261 g/mol. The molecule has 0 aliphatic rings. The predicted molar refractivity (Wildman–Crippen MR) is 75.7 cm³/mol. The van der Waals surface area contributed by atoms with E-state index in [4.69, 9.17) is 10.5 Å². The zero-order chi connectivity index (χ0) is 13.7. The molecule has 0 unspecified atom stereocenters. The van der Waals surface area contributed by atoms with Crippen molar-refractivity contribution in [3.05, 3.63) is 51.5 Å². The SMILES string of the molecule is Cc1ccc(F)cc1OCc1ccc(C#CCN)s1. The molecule has 2 N–H and O–H groups in total. The third-order valence-electron chi connectivity index (χ3n) is 2.50. The Hall–Kier alpha value is -1.83. The fraction of sp³-hybridized carbons (Fsp3) is 0.200. The van der Waals surface area contributed by atoms with Crippen molar-refractivity contribution in [1.82, 2.24) is 0 Å². The molecule has 0 atom stereocenters. The van der Waals surface area contributed by atoms with Crippen LogP contribution < -0.4 is 10.5 Å². The maximum Gasteiger partial charge on any atom is 0.126 e. The zero-order valence-electron chi connectivity index (χ0n) is 10.6. The van der Waals surface area contributed by atoms with Gasteiger partial charge in [-0.15, -0.1) is 11.3 Å². The van der Waals surface area contributed by atoms with E-state index in [0.717, 1.165) is 15.3 Å². The summed E-state index contributed by atoms with van der Waals surface area (Å²) in [6.07, 6.45) is 0. The molecule has 1 aromatic heterocycles. The third kappa shape index (κ3) is 3.82. The molecule has 2 aromatic rings. The van der Waals surface area contributed by atoms with Crippen LogP contribution in [0.5, 0.6) is 5.75 Å². The first kappa shape index (κ1) is 13.6. The highest BCUT2D eigenvalue weighted by Gasteiger charge is 2.03. The van der Waals surface area contributed by atoms with Crippen LogP contribution in [0.15, 0.2) is 30.3 Å². The van der Waals surface area contributed by atoms with E-state index in [1.165, 1.54) is 12.1 Å². The number of hydrogen-bond acceptors (Lipinski definition) is 3. The van der Waals surface area contributed by atoms with E-state index in [0.29, 0.717) is 18.9 Å². The lowest BCUT2D eigenvalue weighted by atomic mass is 10.2. The first-order chi connectivity index (χ1) is 9.19. The van der Waals surface area contributed by atoms with Gasteiger partial charge in [0.05, 0.1) is 11.4 Å². The molecule has 0 radical (unpaired) electrons. The molecule has 1 aromatic carbocycles. The monoisotopic (exact) mass is 275 g/mol. The molecule has 0 spiro atoms. The maximum absolute atomic E-state index is 13.1. The van der Waals surface area contributed by atoms with E-state index in [1.807, 2.05) is 19.1 Å². The van der Waals surface area contributed by atoms with Crippen molar-refractivity contribution in [2.75, 3.05) is 6.54 Å². The van der Waals surface area contributed by atoms with E-state index in [9.17, 15) is 4.39 Å². The molecule has 0 amide bonds. The molecule has 0 saturated heterocycles. The van der Waals surface area contributed by atoms with Crippen LogP contribution in [0.3, 0.4) is 0 Å². The molecule has 0 saturated carbocycles. The summed E-state index contributed by atoms with van der Waals surface area (Å²) in [6.45, 7) is 2.66. The van der Waals surface area contributed by atoms with Gasteiger partial charge in [-0.05, 0) is 30.7 Å². The molecule has 0 fully saturated rings. The topological polar surface area (TPSA) is 35.2 Å². The van der Waals surface area contributed by atoms with Gasteiger partial charge in [0.25, 0.3) is 0 Å². The van der Waals surface area contributed by atoms with Crippen LogP contribution >= 0.6 is 11.3 Å². The maximum atomic E-state index is 13.1. The van der Waals surface area contributed by atoms with Crippen molar-refractivity contribution in [1.29, 1.82) is 0 Å². The second-order valence-electron chi connectivity index (χ2n) is 3.97. The van der Waals surface area contributed by atoms with Crippen molar-refractivity contribution in [2.45, 2.75) is 13.5 Å². The summed E-state index contributed by atoms with van der Waals surface area (Å²) in [7, 11) is 0. The minimum Gasteiger partial charge on any atom is -0.488 e. The Morgan fingerprint density at radius 3 is 2.95 bits per heavy atom. The van der Waals surface area contributed by atoms with Crippen LogP contribution in [-0.4, -0.2) is 6.54 Å². The third-order valence-corrected chi connectivity index (χ3v) is 3.47. The molecule has 19 heavy (non-hydrogen) atoms. The molecule has 0 aliphatic carbocycles. The van der Waals surface area contributed by atoms with Crippen molar-refractivity contribution < 1.29 is 9.13 Å². The first-order valence-corrected chi connectivity index (χ1v) is 6.67. The van der Waals surface area contributed by atoms with Gasteiger partial charge < -0.3 is 10.5 Å². The van der Waals surface area contributed by atoms with Crippen molar-refractivity contribution in [3.8, 4) is 17.6 Å². The Morgan fingerprint density at radius 1 is 1.32 bits per heavy atom. The molecule has 98 valence electrons. The molecule has 4 heteroatoms. The molecule has 2 rings (SSSR count). The Balaban J connectivity index is 2.02. The number of thiophene rings is 1. The number of benzene rings is 1. The summed E-state index contributed by atoms with van der Waals surface area (Å²) in [4.78, 5) is 2.00. The lowest BCUT2D eigenvalue weighted by Gasteiger charge is -2.07. The van der Waals surface area contributed by atoms with E-state index < -0.39 is 0 Å². The average Bonchev–Trinajstić information content (AvgIpc) is 2.85. The summed E-state index contributed by atoms with van der Waals surface area (Å²) in [5, 5.41) is 0. The summed E-state index contributed by atoms with van der Waals surface area (Å²) in [5.74, 6) is 6.06. The van der Waals surface area contributed by atoms with E-state index in [2.05, 4.69) is 11.8 Å². The van der Waals surface area contributed by atoms with E-state index in [-0.39, 0.29) is 5.82 Å². The fourth-order valence-corrected chi connectivity index (χ4v) is 2.33. The quantitative estimate of drug-likeness (QED) is 0.874. The first-order valence-electron chi connectivity index (χ1n) is 5.85. The second-order valence-corrected chi connectivity index (χ2v) is 5.14. The molecule has 1 heterocycles. The summed E-state index contributed by atoms with van der Waals surface area (Å²) >= 11 is 1.55. The van der Waals surface area contributed by atoms with Gasteiger partial charge in [0.15, 0.2) is 0 Å². The summed E-state index contributed by atoms with van der Waals surface area (Å²) in [6, 6.07) is 8.42. The Bertz CT molecular complexity index is 625. The second kappa shape index (κ2) is 6.37. The van der Waals surface area contributed by atoms with Gasteiger partial charge in [0, 0.05) is 10.9 Å². The Labute approximate surface area is 116 Å². The van der Waals surface area contributed by atoms with Crippen LogP contribution in [0.25, 0.3) is 0 Å². The van der Waals surface area contributed by atoms with Crippen LogP contribution in [-0.2, 0) is 6.61 Å². The van der Waals surface area contributed by atoms with Gasteiger partial charge in [0.2, 0.25) is 0 Å². The lowest BCUT2D eigenvalue weighted by molar-refractivity contribution is 0.306. The van der Waals surface area contributed by atoms with Crippen LogP contribution in [0.4, 0.5) is 4.39 Å². The van der Waals surface area contributed by atoms with Crippen LogP contribution in [0.2, 0.25) is 0 Å². The van der Waals surface area contributed by atoms with Gasteiger partial charge in [0.1, 0.15) is 18.2 Å². The fourth-order valence-electron chi connectivity index (χ4n) is 1.54. The predicted octanol–water partition coefficient (Wildman–Crippen LogP) is 3.08. The Morgan fingerprint density at radius 2 is 2.16 bits per heavy atom. The number of rotatable bonds is 3. The molecule has 0 bridgehead atoms. The molecular formula is C15H14FNOS. The minimum atomic E-state index is -0.290. The summed E-state index contributed by atoms with van der Waals surface area (Å²) in [5.41, 5.74) is 6.24. The highest BCUT2D eigenvalue weighted by atomic mass is 32.1. The van der Waals surface area contributed by atoms with Gasteiger partial charge >= 0.3 is 0 Å². The van der Waals surface area contributed by atoms with Crippen molar-refractivity contribution in [2.24, 2.45) is 5.73 Å². The van der Waals surface area contributed by atoms with Crippen molar-refractivity contribution >= 4 is 11.3 Å². The van der Waals surface area contributed by atoms with Crippen molar-refractivity contribution in [3.63, 3.8) is 0 Å². The van der Waals surface area contributed by atoms with Crippen LogP contribution in [0, 0.1) is 24.6 Å². The van der Waals surface area contributed by atoms with E-state index >= 15 is 0 Å². The summed E-state index contributed by atoms with van der Waals surface area (Å²) < 4.78 is 18.7. The normalized spacial score (nSPS) is 9.84. The highest BCUT2D eigenvalue weighted by molar-refractivity contribution is 7.12. The minimum absolute atomic E-state index is 0.290. The standard InChI is InChI=1S/C15H14FNOS/c1-11-4-5-12(16)9-15(11)18-10-14-7-6-13(19-14)3-2-8-17/h4-7,9H,8,10,17H2,1H3. The number of aryl methyl sites for hydroxylation is 1. The smallest absolute Gasteiger partial charge is 0.126 e. The lowest BCUT2D eigenvalue weighted by Crippen LogP contribution is -1.95. The number of halogens is 1. The van der Waals surface area contributed by atoms with Crippen LogP contribution in [0.1, 0.15) is 15.3 Å². The highest BCUT2D eigenvalue weighted by Crippen LogP contribution is 2.22. The number of ether oxygens (including phenoxy) is 1. The zero-order valence-corrected chi connectivity index (χ0v) is 11.4.